The van der Waals surface area contributed by atoms with Crippen molar-refractivity contribution in [3.05, 3.63) is 33.8 Å². The normalized spacial score (nSPS) is 12.8. The molecule has 0 spiro atoms. The van der Waals surface area contributed by atoms with Crippen molar-refractivity contribution in [2.75, 3.05) is 13.6 Å². The van der Waals surface area contributed by atoms with Crippen LogP contribution in [0.5, 0.6) is 0 Å². The van der Waals surface area contributed by atoms with Gasteiger partial charge in [-0.2, -0.15) is 0 Å². The van der Waals surface area contributed by atoms with Gasteiger partial charge >= 0.3 is 0 Å². The van der Waals surface area contributed by atoms with Gasteiger partial charge in [-0.25, -0.2) is 8.78 Å². The number of benzene rings is 1. The quantitative estimate of drug-likeness (QED) is 0.819. The Hall–Kier alpha value is -0.480. The summed E-state index contributed by atoms with van der Waals surface area (Å²) >= 11 is 3.06. The molecule has 0 bridgehead atoms. The maximum absolute atomic E-state index is 13.6. The van der Waals surface area contributed by atoms with Crippen molar-refractivity contribution >= 4 is 15.9 Å². The van der Waals surface area contributed by atoms with Crippen LogP contribution in [0.1, 0.15) is 18.9 Å². The van der Waals surface area contributed by atoms with Gasteiger partial charge in [0.15, 0.2) is 0 Å². The Morgan fingerprint density at radius 1 is 1.38 bits per heavy atom. The molecule has 1 nitrogen and oxygen atoms in total. The van der Waals surface area contributed by atoms with Crippen LogP contribution in [0.4, 0.5) is 8.78 Å². The molecule has 0 aliphatic carbocycles. The van der Waals surface area contributed by atoms with E-state index in [1.54, 1.807) is 0 Å². The molecule has 0 saturated carbocycles. The summed E-state index contributed by atoms with van der Waals surface area (Å²) in [7, 11) is 1.87. The van der Waals surface area contributed by atoms with Crippen molar-refractivity contribution in [3.63, 3.8) is 0 Å². The fourth-order valence-electron chi connectivity index (χ4n) is 1.64. The van der Waals surface area contributed by atoms with Crippen LogP contribution in [0.25, 0.3) is 0 Å². The molecule has 90 valence electrons. The highest BCUT2D eigenvalue weighted by Crippen LogP contribution is 2.23. The molecule has 0 fully saturated rings. The van der Waals surface area contributed by atoms with Gasteiger partial charge in [0.2, 0.25) is 0 Å². The summed E-state index contributed by atoms with van der Waals surface area (Å²) in [5.41, 5.74) is 0.178. The lowest BCUT2D eigenvalue weighted by Crippen LogP contribution is -2.17. The largest absolute Gasteiger partial charge is 0.319 e. The van der Waals surface area contributed by atoms with Crippen LogP contribution in [-0.2, 0) is 6.42 Å². The molecule has 0 radical (unpaired) electrons. The highest BCUT2D eigenvalue weighted by atomic mass is 79.9. The maximum atomic E-state index is 13.6. The number of halogens is 3. The molecular weight excluding hydrogens is 276 g/mol. The van der Waals surface area contributed by atoms with Crippen molar-refractivity contribution in [2.45, 2.75) is 19.8 Å². The van der Waals surface area contributed by atoms with Gasteiger partial charge in [0.25, 0.3) is 0 Å². The molecule has 1 N–H and O–H groups in total. The lowest BCUT2D eigenvalue weighted by atomic mass is 10.0. The van der Waals surface area contributed by atoms with E-state index in [1.807, 2.05) is 7.05 Å². The lowest BCUT2D eigenvalue weighted by Gasteiger charge is -2.11. The molecule has 4 heteroatoms. The zero-order valence-electron chi connectivity index (χ0n) is 9.49. The van der Waals surface area contributed by atoms with Gasteiger partial charge in [0.05, 0.1) is 4.47 Å². The van der Waals surface area contributed by atoms with E-state index in [1.165, 1.54) is 12.1 Å². The zero-order valence-corrected chi connectivity index (χ0v) is 11.1. The van der Waals surface area contributed by atoms with Gasteiger partial charge in [-0.3, -0.25) is 0 Å². The SMILES string of the molecule is CNCC(C)CCc1c(F)ccc(Br)c1F. The summed E-state index contributed by atoms with van der Waals surface area (Å²) in [6.07, 6.45) is 1.20. The monoisotopic (exact) mass is 291 g/mol. The Kier molecular flexibility index (Phi) is 5.35. The van der Waals surface area contributed by atoms with E-state index in [0.717, 1.165) is 13.0 Å². The van der Waals surface area contributed by atoms with Crippen LogP contribution in [-0.4, -0.2) is 13.6 Å². The predicted molar refractivity (Wildman–Crippen MR) is 65.5 cm³/mol. The van der Waals surface area contributed by atoms with E-state index in [-0.39, 0.29) is 5.56 Å². The molecule has 16 heavy (non-hydrogen) atoms. The molecule has 1 aromatic rings. The standard InChI is InChI=1S/C12H16BrF2N/c1-8(7-16-2)3-4-9-11(14)6-5-10(13)12(9)15/h5-6,8,16H,3-4,7H2,1-2H3. The van der Waals surface area contributed by atoms with E-state index in [9.17, 15) is 8.78 Å². The fourth-order valence-corrected chi connectivity index (χ4v) is 2.01. The second-order valence-corrected chi connectivity index (χ2v) is 4.88. The topological polar surface area (TPSA) is 12.0 Å². The molecule has 1 rings (SSSR count). The van der Waals surface area contributed by atoms with Gasteiger partial charge in [-0.15, -0.1) is 0 Å². The highest BCUT2D eigenvalue weighted by Gasteiger charge is 2.13. The molecule has 0 aliphatic rings. The summed E-state index contributed by atoms with van der Waals surface area (Å²) < 4.78 is 27.3. The smallest absolute Gasteiger partial charge is 0.143 e. The number of hydrogen-bond donors (Lipinski definition) is 1. The van der Waals surface area contributed by atoms with Crippen molar-refractivity contribution in [1.82, 2.24) is 5.32 Å². The van der Waals surface area contributed by atoms with Gasteiger partial charge in [0.1, 0.15) is 11.6 Å². The molecule has 1 unspecified atom stereocenters. The third-order valence-electron chi connectivity index (χ3n) is 2.58. The molecule has 0 saturated heterocycles. The second kappa shape index (κ2) is 6.30. The van der Waals surface area contributed by atoms with Crippen molar-refractivity contribution in [3.8, 4) is 0 Å². The first-order valence-electron chi connectivity index (χ1n) is 5.33. The van der Waals surface area contributed by atoms with Crippen LogP contribution in [0, 0.1) is 17.6 Å². The maximum Gasteiger partial charge on any atom is 0.143 e. The molecule has 0 aliphatic heterocycles. The van der Waals surface area contributed by atoms with Crippen LogP contribution >= 0.6 is 15.9 Å². The summed E-state index contributed by atoms with van der Waals surface area (Å²) in [5.74, 6) is -0.531. The van der Waals surface area contributed by atoms with Crippen LogP contribution in [0.15, 0.2) is 16.6 Å². The van der Waals surface area contributed by atoms with E-state index in [4.69, 9.17) is 0 Å². The average Bonchev–Trinajstić information content (AvgIpc) is 2.24. The Labute approximate surface area is 103 Å². The minimum absolute atomic E-state index is 0.178. The van der Waals surface area contributed by atoms with Gasteiger partial charge in [-0.05, 0) is 60.4 Å². The van der Waals surface area contributed by atoms with E-state index in [2.05, 4.69) is 28.2 Å². The van der Waals surface area contributed by atoms with Gasteiger partial charge < -0.3 is 5.32 Å². The Bertz CT molecular complexity index is 355. The zero-order chi connectivity index (χ0) is 12.1. The summed E-state index contributed by atoms with van der Waals surface area (Å²) in [6.45, 7) is 2.92. The summed E-state index contributed by atoms with van der Waals surface area (Å²) in [4.78, 5) is 0. The molecule has 0 heterocycles. The second-order valence-electron chi connectivity index (χ2n) is 4.02. The first-order valence-corrected chi connectivity index (χ1v) is 6.12. The Morgan fingerprint density at radius 2 is 2.06 bits per heavy atom. The number of hydrogen-bond acceptors (Lipinski definition) is 1. The summed E-state index contributed by atoms with van der Waals surface area (Å²) in [5, 5.41) is 3.05. The first kappa shape index (κ1) is 13.6. The molecule has 1 aromatic carbocycles. The average molecular weight is 292 g/mol. The van der Waals surface area contributed by atoms with Gasteiger partial charge in [0, 0.05) is 5.56 Å². The fraction of sp³-hybridized carbons (Fsp3) is 0.500. The Balaban J connectivity index is 2.70. The number of rotatable bonds is 5. The van der Waals surface area contributed by atoms with Crippen LogP contribution in [0.3, 0.4) is 0 Å². The third kappa shape index (κ3) is 3.52. The van der Waals surface area contributed by atoms with Crippen molar-refractivity contribution in [2.24, 2.45) is 5.92 Å². The van der Waals surface area contributed by atoms with E-state index >= 15 is 0 Å². The van der Waals surface area contributed by atoms with E-state index < -0.39 is 11.6 Å². The molecule has 1 atom stereocenters. The van der Waals surface area contributed by atoms with E-state index in [0.29, 0.717) is 16.8 Å². The highest BCUT2D eigenvalue weighted by molar-refractivity contribution is 9.10. The Morgan fingerprint density at radius 3 is 2.69 bits per heavy atom. The lowest BCUT2D eigenvalue weighted by molar-refractivity contribution is 0.482. The van der Waals surface area contributed by atoms with Gasteiger partial charge in [-0.1, -0.05) is 6.92 Å². The molecule has 0 aromatic heterocycles. The third-order valence-corrected chi connectivity index (χ3v) is 3.19. The summed E-state index contributed by atoms with van der Waals surface area (Å²) in [6, 6.07) is 2.69. The molecular formula is C12H16BrF2N. The van der Waals surface area contributed by atoms with Crippen molar-refractivity contribution < 1.29 is 8.78 Å². The minimum Gasteiger partial charge on any atom is -0.319 e. The van der Waals surface area contributed by atoms with Crippen LogP contribution in [0.2, 0.25) is 0 Å². The molecule has 0 amide bonds. The van der Waals surface area contributed by atoms with Crippen LogP contribution < -0.4 is 5.32 Å². The number of nitrogens with one attached hydrogen (secondary N) is 1. The predicted octanol–water partition coefficient (Wildman–Crippen LogP) is 3.52. The first-order chi connectivity index (χ1) is 7.56. The van der Waals surface area contributed by atoms with Crippen molar-refractivity contribution in [1.29, 1.82) is 0 Å². The minimum atomic E-state index is -0.475.